The number of hydrogen-bond acceptors (Lipinski definition) is 8. The van der Waals surface area contributed by atoms with Crippen LogP contribution >= 0.6 is 0 Å². The minimum absolute atomic E-state index is 0.0691. The van der Waals surface area contributed by atoms with Crippen molar-refractivity contribution >= 4 is 27.9 Å². The van der Waals surface area contributed by atoms with Gasteiger partial charge in [0.2, 0.25) is 5.88 Å². The number of rotatable bonds is 11. The van der Waals surface area contributed by atoms with Crippen molar-refractivity contribution in [2.75, 3.05) is 26.8 Å². The predicted octanol–water partition coefficient (Wildman–Crippen LogP) is 2.05. The zero-order chi connectivity index (χ0) is 27.5. The van der Waals surface area contributed by atoms with Crippen LogP contribution in [0.15, 0.2) is 71.8 Å². The van der Waals surface area contributed by atoms with Crippen molar-refractivity contribution in [3.8, 4) is 5.88 Å². The lowest BCUT2D eigenvalue weighted by Gasteiger charge is -2.10. The Bertz CT molecular complexity index is 1380. The van der Waals surface area contributed by atoms with Crippen LogP contribution in [0, 0.1) is 5.82 Å². The van der Waals surface area contributed by atoms with E-state index in [-0.39, 0.29) is 29.4 Å². The first-order valence-corrected chi connectivity index (χ1v) is 12.8. The smallest absolute Gasteiger partial charge is 0.391 e. The Hall–Kier alpha value is -4.36. The van der Waals surface area contributed by atoms with E-state index >= 15 is 0 Å². The monoisotopic (exact) mass is 544 g/mol. The van der Waals surface area contributed by atoms with E-state index < -0.39 is 33.7 Å². The lowest BCUT2D eigenvalue weighted by Crippen LogP contribution is -2.31. The molecule has 3 rings (SSSR count). The zero-order valence-electron chi connectivity index (χ0n) is 20.3. The normalized spacial score (nSPS) is 10.9. The Labute approximate surface area is 218 Å². The molecule has 0 aliphatic rings. The van der Waals surface area contributed by atoms with Gasteiger partial charge in [-0.3, -0.25) is 9.59 Å². The third kappa shape index (κ3) is 8.35. The summed E-state index contributed by atoms with van der Waals surface area (Å²) in [6, 6.07) is 13.5. The summed E-state index contributed by atoms with van der Waals surface area (Å²) in [5.74, 6) is -1.85. The maximum atomic E-state index is 13.0. The van der Waals surface area contributed by atoms with Gasteiger partial charge in [-0.15, -0.1) is 0 Å². The van der Waals surface area contributed by atoms with E-state index in [9.17, 15) is 27.2 Å². The number of carbonyl (C=O) groups is 3. The van der Waals surface area contributed by atoms with Crippen LogP contribution < -0.4 is 20.1 Å². The van der Waals surface area contributed by atoms with Crippen molar-refractivity contribution in [2.45, 2.75) is 11.3 Å². The number of nitrogens with zero attached hydrogens (tertiary/aromatic N) is 1. The van der Waals surface area contributed by atoms with E-state index in [0.717, 1.165) is 6.20 Å². The second kappa shape index (κ2) is 13.3. The number of methoxy groups -OCH3 is 1. The van der Waals surface area contributed by atoms with Crippen LogP contribution in [0.4, 0.5) is 9.18 Å². The summed E-state index contributed by atoms with van der Waals surface area (Å²) in [6.07, 6.45) is 0.626. The van der Waals surface area contributed by atoms with Crippen molar-refractivity contribution in [2.24, 2.45) is 0 Å². The van der Waals surface area contributed by atoms with Gasteiger partial charge in [-0.1, -0.05) is 12.1 Å². The summed E-state index contributed by atoms with van der Waals surface area (Å²) in [4.78, 5) is 40.0. The minimum atomic E-state index is -4.22. The fourth-order valence-corrected chi connectivity index (χ4v) is 4.14. The van der Waals surface area contributed by atoms with Gasteiger partial charge in [-0.05, 0) is 54.4 Å². The fourth-order valence-electron chi connectivity index (χ4n) is 3.09. The number of pyridine rings is 1. The summed E-state index contributed by atoms with van der Waals surface area (Å²) in [7, 11) is -2.74. The maximum Gasteiger partial charge on any atom is 0.414 e. The zero-order valence-corrected chi connectivity index (χ0v) is 21.1. The predicted molar refractivity (Wildman–Crippen MR) is 134 cm³/mol. The van der Waals surface area contributed by atoms with Crippen LogP contribution in [0.5, 0.6) is 5.88 Å². The molecule has 200 valence electrons. The number of carbonyl (C=O) groups excluding carboxylic acids is 3. The second-order valence-electron chi connectivity index (χ2n) is 7.79. The van der Waals surface area contributed by atoms with Crippen LogP contribution in [0.25, 0.3) is 0 Å². The molecular formula is C25H25FN4O7S. The summed E-state index contributed by atoms with van der Waals surface area (Å²) in [5, 5.41) is 5.11. The molecule has 0 radical (unpaired) electrons. The average molecular weight is 545 g/mol. The third-order valence-electron chi connectivity index (χ3n) is 5.01. The molecule has 13 heteroatoms. The molecule has 0 bridgehead atoms. The fraction of sp³-hybridized carbons (Fsp3) is 0.200. The first kappa shape index (κ1) is 28.2. The first-order valence-electron chi connectivity index (χ1n) is 11.3. The molecule has 2 aromatic carbocycles. The van der Waals surface area contributed by atoms with Gasteiger partial charge in [0.25, 0.3) is 21.8 Å². The highest BCUT2D eigenvalue weighted by Crippen LogP contribution is 2.14. The summed E-state index contributed by atoms with van der Waals surface area (Å²) < 4.78 is 50.2. The van der Waals surface area contributed by atoms with E-state index in [2.05, 4.69) is 15.6 Å². The highest BCUT2D eigenvalue weighted by Gasteiger charge is 2.20. The van der Waals surface area contributed by atoms with E-state index in [4.69, 9.17) is 9.47 Å². The van der Waals surface area contributed by atoms with Crippen LogP contribution in [-0.2, 0) is 21.2 Å². The number of ether oxygens (including phenoxy) is 2. The van der Waals surface area contributed by atoms with E-state index in [0.29, 0.717) is 24.2 Å². The van der Waals surface area contributed by atoms with Gasteiger partial charge in [-0.2, -0.15) is 0 Å². The van der Waals surface area contributed by atoms with Gasteiger partial charge in [0.15, 0.2) is 0 Å². The standard InChI is InChI=1S/C25H25FN4O7S/c1-36-14-13-28-25(33)37-22-10-7-19(16-29-22)24(32)30-38(34,35)21-4-2-3-17(15-21)11-12-27-23(31)18-5-8-20(26)9-6-18/h2-10,15-16H,11-14H2,1H3,(H,27,31)(H,28,33)(H,30,32). The van der Waals surface area contributed by atoms with Gasteiger partial charge in [0.05, 0.1) is 17.1 Å². The molecule has 0 spiro atoms. The molecule has 0 aliphatic carbocycles. The number of amides is 3. The second-order valence-corrected chi connectivity index (χ2v) is 9.47. The van der Waals surface area contributed by atoms with Crippen LogP contribution in [0.3, 0.4) is 0 Å². The first-order chi connectivity index (χ1) is 18.2. The molecule has 0 aliphatic heterocycles. The topological polar surface area (TPSA) is 153 Å². The molecular weight excluding hydrogens is 519 g/mol. The minimum Gasteiger partial charge on any atom is -0.391 e. The quantitative estimate of drug-likeness (QED) is 0.310. The SMILES string of the molecule is COCCNC(=O)Oc1ccc(C(=O)NS(=O)(=O)c2cccc(CCNC(=O)c3ccc(F)cc3)c2)cn1. The van der Waals surface area contributed by atoms with Crippen LogP contribution in [-0.4, -0.2) is 58.1 Å². The molecule has 0 saturated carbocycles. The lowest BCUT2D eigenvalue weighted by atomic mass is 10.1. The van der Waals surface area contributed by atoms with E-state index in [1.54, 1.807) is 6.07 Å². The summed E-state index contributed by atoms with van der Waals surface area (Å²) in [6.45, 7) is 0.739. The van der Waals surface area contributed by atoms with Crippen molar-refractivity contribution in [3.63, 3.8) is 0 Å². The molecule has 38 heavy (non-hydrogen) atoms. The molecule has 3 aromatic rings. The van der Waals surface area contributed by atoms with E-state index in [1.165, 1.54) is 61.7 Å². The number of benzene rings is 2. The summed E-state index contributed by atoms with van der Waals surface area (Å²) >= 11 is 0. The number of nitrogens with one attached hydrogen (secondary N) is 3. The molecule has 0 saturated heterocycles. The molecule has 0 unspecified atom stereocenters. The van der Waals surface area contributed by atoms with Crippen LogP contribution in [0.1, 0.15) is 26.3 Å². The van der Waals surface area contributed by atoms with Gasteiger partial charge < -0.3 is 20.1 Å². The van der Waals surface area contributed by atoms with Crippen LogP contribution in [0.2, 0.25) is 0 Å². The summed E-state index contributed by atoms with van der Waals surface area (Å²) in [5.41, 5.74) is 0.830. The molecule has 3 amide bonds. The van der Waals surface area contributed by atoms with Crippen molar-refractivity contribution in [1.29, 1.82) is 0 Å². The van der Waals surface area contributed by atoms with E-state index in [1.807, 2.05) is 4.72 Å². The average Bonchev–Trinajstić information content (AvgIpc) is 2.89. The largest absolute Gasteiger partial charge is 0.414 e. The Morgan fingerprint density at radius 2 is 1.66 bits per heavy atom. The number of aromatic nitrogens is 1. The molecule has 0 fully saturated rings. The molecule has 0 atom stereocenters. The lowest BCUT2D eigenvalue weighted by molar-refractivity contribution is 0.0951. The van der Waals surface area contributed by atoms with Gasteiger partial charge in [-0.25, -0.2) is 27.3 Å². The Balaban J connectivity index is 1.55. The maximum absolute atomic E-state index is 13.0. The molecule has 1 aromatic heterocycles. The highest BCUT2D eigenvalue weighted by molar-refractivity contribution is 7.90. The molecule has 1 heterocycles. The number of sulfonamides is 1. The van der Waals surface area contributed by atoms with Crippen molar-refractivity contribution in [3.05, 3.63) is 89.4 Å². The third-order valence-corrected chi connectivity index (χ3v) is 6.34. The Morgan fingerprint density at radius 3 is 2.34 bits per heavy atom. The molecule has 11 nitrogen and oxygen atoms in total. The number of halogens is 1. The van der Waals surface area contributed by atoms with Crippen molar-refractivity contribution < 1.29 is 36.7 Å². The van der Waals surface area contributed by atoms with Gasteiger partial charge >= 0.3 is 6.09 Å². The van der Waals surface area contributed by atoms with Crippen molar-refractivity contribution in [1.82, 2.24) is 20.3 Å². The van der Waals surface area contributed by atoms with Gasteiger partial charge in [0, 0.05) is 38.0 Å². The number of hydrogen-bond donors (Lipinski definition) is 3. The highest BCUT2D eigenvalue weighted by atomic mass is 32.2. The molecule has 3 N–H and O–H groups in total. The Morgan fingerprint density at radius 1 is 0.921 bits per heavy atom. The Kier molecular flexibility index (Phi) is 9.85. The van der Waals surface area contributed by atoms with Gasteiger partial charge in [0.1, 0.15) is 5.82 Å².